The number of nitrogens with one attached hydrogen (secondary N) is 2. The maximum absolute atomic E-state index is 12.4. The Morgan fingerprint density at radius 3 is 2.35 bits per heavy atom. The van der Waals surface area contributed by atoms with E-state index in [1.807, 2.05) is 6.07 Å². The van der Waals surface area contributed by atoms with E-state index in [1.165, 1.54) is 12.1 Å². The van der Waals surface area contributed by atoms with Gasteiger partial charge in [-0.1, -0.05) is 12.1 Å². The zero-order valence-corrected chi connectivity index (χ0v) is 11.8. The van der Waals surface area contributed by atoms with Crippen LogP contribution in [0.5, 0.6) is 0 Å². The summed E-state index contributed by atoms with van der Waals surface area (Å²) >= 11 is 0. The molecule has 0 aliphatic rings. The molecule has 0 aliphatic heterocycles. The van der Waals surface area contributed by atoms with Gasteiger partial charge in [-0.3, -0.25) is 4.79 Å². The molecule has 0 fully saturated rings. The van der Waals surface area contributed by atoms with Crippen LogP contribution in [0.2, 0.25) is 0 Å². The van der Waals surface area contributed by atoms with Gasteiger partial charge in [-0.25, -0.2) is 0 Å². The van der Waals surface area contributed by atoms with E-state index in [0.717, 1.165) is 12.1 Å². The van der Waals surface area contributed by atoms with Crippen molar-refractivity contribution in [2.75, 3.05) is 17.2 Å². The first-order valence-electron chi connectivity index (χ1n) is 6.60. The van der Waals surface area contributed by atoms with Crippen LogP contribution in [0.1, 0.15) is 11.1 Å². The van der Waals surface area contributed by atoms with Crippen molar-refractivity contribution >= 4 is 17.3 Å². The summed E-state index contributed by atoms with van der Waals surface area (Å²) in [7, 11) is 0. The number of carbonyl (C=O) groups excluding carboxylic acids is 1. The monoisotopic (exact) mass is 319 g/mol. The summed E-state index contributed by atoms with van der Waals surface area (Å²) < 4.78 is 37.3. The summed E-state index contributed by atoms with van der Waals surface area (Å²) in [6.45, 7) is -0.111. The van der Waals surface area contributed by atoms with E-state index in [9.17, 15) is 18.0 Å². The summed E-state index contributed by atoms with van der Waals surface area (Å²) in [6, 6.07) is 12.8. The number of hydrogen-bond acceptors (Lipinski definition) is 3. The molecule has 2 rings (SSSR count). The smallest absolute Gasteiger partial charge is 0.375 e. The molecule has 0 bridgehead atoms. The molecule has 0 saturated heterocycles. The van der Waals surface area contributed by atoms with Crippen molar-refractivity contribution in [3.8, 4) is 6.07 Å². The Bertz CT molecular complexity index is 733. The van der Waals surface area contributed by atoms with Crippen LogP contribution in [0, 0.1) is 11.3 Å². The Morgan fingerprint density at radius 1 is 1.09 bits per heavy atom. The van der Waals surface area contributed by atoms with Gasteiger partial charge in [0.05, 0.1) is 23.4 Å². The molecule has 23 heavy (non-hydrogen) atoms. The standard InChI is InChI=1S/C16H12F3N3O/c17-16(18,19)12-5-7-13(8-6-12)22-15(23)10-21-14-4-2-1-3-11(14)9-20/h1-8,21H,10H2,(H,22,23). The first-order chi connectivity index (χ1) is 10.9. The van der Waals surface area contributed by atoms with E-state index < -0.39 is 17.6 Å². The highest BCUT2D eigenvalue weighted by atomic mass is 19.4. The number of carbonyl (C=O) groups is 1. The van der Waals surface area contributed by atoms with Gasteiger partial charge in [0.2, 0.25) is 5.91 Å². The Balaban J connectivity index is 1.94. The molecule has 4 nitrogen and oxygen atoms in total. The average Bonchev–Trinajstić information content (AvgIpc) is 2.53. The van der Waals surface area contributed by atoms with Crippen LogP contribution in [0.3, 0.4) is 0 Å². The Labute approximate surface area is 130 Å². The number of benzene rings is 2. The lowest BCUT2D eigenvalue weighted by Crippen LogP contribution is -2.22. The predicted octanol–water partition coefficient (Wildman–Crippen LogP) is 3.63. The number of rotatable bonds is 4. The molecular formula is C16H12F3N3O. The quantitative estimate of drug-likeness (QED) is 0.904. The second-order valence-corrected chi connectivity index (χ2v) is 4.63. The highest BCUT2D eigenvalue weighted by Crippen LogP contribution is 2.29. The predicted molar refractivity (Wildman–Crippen MR) is 79.7 cm³/mol. The fourth-order valence-corrected chi connectivity index (χ4v) is 1.86. The molecule has 0 aliphatic carbocycles. The molecule has 0 radical (unpaired) electrons. The van der Waals surface area contributed by atoms with Crippen LogP contribution in [-0.4, -0.2) is 12.5 Å². The second kappa shape index (κ2) is 6.83. The molecular weight excluding hydrogens is 307 g/mol. The normalized spacial score (nSPS) is 10.7. The molecule has 0 unspecified atom stereocenters. The van der Waals surface area contributed by atoms with Gasteiger partial charge in [0.15, 0.2) is 0 Å². The van der Waals surface area contributed by atoms with E-state index in [-0.39, 0.29) is 12.2 Å². The SMILES string of the molecule is N#Cc1ccccc1NCC(=O)Nc1ccc(C(F)(F)F)cc1. The van der Waals surface area contributed by atoms with Crippen LogP contribution < -0.4 is 10.6 Å². The first-order valence-corrected chi connectivity index (χ1v) is 6.60. The van der Waals surface area contributed by atoms with Crippen molar-refractivity contribution in [3.63, 3.8) is 0 Å². The van der Waals surface area contributed by atoms with E-state index >= 15 is 0 Å². The van der Waals surface area contributed by atoms with Crippen LogP contribution >= 0.6 is 0 Å². The minimum atomic E-state index is -4.41. The molecule has 2 aromatic carbocycles. The highest BCUT2D eigenvalue weighted by Gasteiger charge is 2.29. The zero-order valence-electron chi connectivity index (χ0n) is 11.8. The lowest BCUT2D eigenvalue weighted by atomic mass is 10.2. The van der Waals surface area contributed by atoms with Crippen molar-refractivity contribution in [1.29, 1.82) is 5.26 Å². The number of alkyl halides is 3. The molecule has 2 N–H and O–H groups in total. The molecule has 118 valence electrons. The lowest BCUT2D eigenvalue weighted by molar-refractivity contribution is -0.137. The fourth-order valence-electron chi connectivity index (χ4n) is 1.86. The second-order valence-electron chi connectivity index (χ2n) is 4.63. The number of hydrogen-bond donors (Lipinski definition) is 2. The maximum atomic E-state index is 12.4. The lowest BCUT2D eigenvalue weighted by Gasteiger charge is -2.10. The first kappa shape index (κ1) is 16.4. The fraction of sp³-hybridized carbons (Fsp3) is 0.125. The largest absolute Gasteiger partial charge is 0.416 e. The van der Waals surface area contributed by atoms with E-state index in [4.69, 9.17) is 5.26 Å². The number of para-hydroxylation sites is 1. The van der Waals surface area contributed by atoms with Crippen molar-refractivity contribution in [3.05, 3.63) is 59.7 Å². The average molecular weight is 319 g/mol. The number of nitrogens with zero attached hydrogens (tertiary/aromatic N) is 1. The van der Waals surface area contributed by atoms with Gasteiger partial charge >= 0.3 is 6.18 Å². The minimum absolute atomic E-state index is 0.111. The third kappa shape index (κ3) is 4.48. The summed E-state index contributed by atoms with van der Waals surface area (Å²) in [4.78, 5) is 11.8. The number of nitriles is 1. The molecule has 0 aromatic heterocycles. The highest BCUT2D eigenvalue weighted by molar-refractivity contribution is 5.93. The topological polar surface area (TPSA) is 64.9 Å². The Kier molecular flexibility index (Phi) is 4.86. The van der Waals surface area contributed by atoms with Gasteiger partial charge in [0, 0.05) is 5.69 Å². The van der Waals surface area contributed by atoms with E-state index in [0.29, 0.717) is 11.3 Å². The van der Waals surface area contributed by atoms with Crippen LogP contribution in [0.25, 0.3) is 0 Å². The molecule has 0 spiro atoms. The number of anilines is 2. The molecule has 7 heteroatoms. The van der Waals surface area contributed by atoms with Crippen molar-refractivity contribution in [2.45, 2.75) is 6.18 Å². The van der Waals surface area contributed by atoms with Crippen LogP contribution in [0.15, 0.2) is 48.5 Å². The molecule has 0 saturated carbocycles. The van der Waals surface area contributed by atoms with Crippen molar-refractivity contribution in [2.24, 2.45) is 0 Å². The molecule has 0 heterocycles. The van der Waals surface area contributed by atoms with E-state index in [1.54, 1.807) is 24.3 Å². The van der Waals surface area contributed by atoms with Gasteiger partial charge in [-0.15, -0.1) is 0 Å². The van der Waals surface area contributed by atoms with Gasteiger partial charge in [-0.05, 0) is 36.4 Å². The van der Waals surface area contributed by atoms with Crippen LogP contribution in [0.4, 0.5) is 24.5 Å². The van der Waals surface area contributed by atoms with Crippen LogP contribution in [-0.2, 0) is 11.0 Å². The van der Waals surface area contributed by atoms with Crippen molar-refractivity contribution in [1.82, 2.24) is 0 Å². The zero-order chi connectivity index (χ0) is 16.9. The van der Waals surface area contributed by atoms with Gasteiger partial charge < -0.3 is 10.6 Å². The molecule has 1 amide bonds. The maximum Gasteiger partial charge on any atom is 0.416 e. The summed E-state index contributed by atoms with van der Waals surface area (Å²) in [5.74, 6) is -0.433. The van der Waals surface area contributed by atoms with Gasteiger partial charge in [0.25, 0.3) is 0 Å². The van der Waals surface area contributed by atoms with Gasteiger partial charge in [0.1, 0.15) is 6.07 Å². The number of halogens is 3. The third-order valence-corrected chi connectivity index (χ3v) is 2.98. The number of amides is 1. The third-order valence-electron chi connectivity index (χ3n) is 2.98. The molecule has 0 atom stereocenters. The summed E-state index contributed by atoms with van der Waals surface area (Å²) in [5.41, 5.74) is 0.391. The minimum Gasteiger partial charge on any atom is -0.375 e. The van der Waals surface area contributed by atoms with Crippen molar-refractivity contribution < 1.29 is 18.0 Å². The Hall–Kier alpha value is -3.01. The summed E-state index contributed by atoms with van der Waals surface area (Å²) in [5, 5.41) is 14.2. The van der Waals surface area contributed by atoms with E-state index in [2.05, 4.69) is 10.6 Å². The Morgan fingerprint density at radius 2 is 1.74 bits per heavy atom. The summed E-state index contributed by atoms with van der Waals surface area (Å²) in [6.07, 6.45) is -4.41. The van der Waals surface area contributed by atoms with Gasteiger partial charge in [-0.2, -0.15) is 18.4 Å². The molecule has 2 aromatic rings.